The molecule has 11 nitrogen and oxygen atoms in total. The van der Waals surface area contributed by atoms with Crippen LogP contribution >= 0.6 is 0 Å². The number of unbranched alkanes of at least 4 members (excludes halogenated alkanes) is 3. The molecule has 4 heterocycles. The van der Waals surface area contributed by atoms with Gasteiger partial charge in [-0.1, -0.05) is 50.5 Å². The van der Waals surface area contributed by atoms with Crippen LogP contribution in [-0.4, -0.2) is 47.2 Å². The zero-order valence-corrected chi connectivity index (χ0v) is 24.4. The summed E-state index contributed by atoms with van der Waals surface area (Å²) >= 11 is 0. The van der Waals surface area contributed by atoms with Gasteiger partial charge in [0, 0.05) is 30.8 Å². The van der Waals surface area contributed by atoms with E-state index in [0.29, 0.717) is 37.0 Å². The van der Waals surface area contributed by atoms with Crippen molar-refractivity contribution in [3.8, 4) is 0 Å². The van der Waals surface area contributed by atoms with Gasteiger partial charge in [0.15, 0.2) is 5.65 Å². The smallest absolute Gasteiger partial charge is 0.412 e. The molecule has 0 bridgehead atoms. The van der Waals surface area contributed by atoms with Crippen molar-refractivity contribution >= 4 is 28.8 Å². The van der Waals surface area contributed by atoms with E-state index in [0.717, 1.165) is 60.0 Å². The van der Waals surface area contributed by atoms with Gasteiger partial charge in [-0.2, -0.15) is 10.2 Å². The van der Waals surface area contributed by atoms with Crippen LogP contribution in [0.4, 0.5) is 16.4 Å². The third kappa shape index (κ3) is 7.48. The number of benzene rings is 1. The highest BCUT2D eigenvalue weighted by atomic mass is 16.5. The van der Waals surface area contributed by atoms with Crippen molar-refractivity contribution in [3.05, 3.63) is 89.3 Å². The molecule has 0 radical (unpaired) electrons. The molecule has 5 rings (SSSR count). The number of aromatic nitrogens is 7. The van der Waals surface area contributed by atoms with E-state index in [2.05, 4.69) is 67.0 Å². The Labute approximate surface area is 245 Å². The van der Waals surface area contributed by atoms with Crippen LogP contribution < -0.4 is 10.6 Å². The Kier molecular flexibility index (Phi) is 9.37. The van der Waals surface area contributed by atoms with Gasteiger partial charge in [-0.15, -0.1) is 0 Å². The average Bonchev–Trinajstić information content (AvgIpc) is 3.63. The van der Waals surface area contributed by atoms with Crippen molar-refractivity contribution in [2.24, 2.45) is 0 Å². The number of nitrogens with zero attached hydrogens (tertiary/aromatic N) is 7. The Hall–Kier alpha value is -4.80. The number of ether oxygens (including phenoxy) is 1. The van der Waals surface area contributed by atoms with Crippen LogP contribution in [0.5, 0.6) is 0 Å². The highest BCUT2D eigenvalue weighted by molar-refractivity contribution is 5.86. The molecule has 2 N–H and O–H groups in total. The number of aryl methyl sites for hydroxylation is 2. The van der Waals surface area contributed by atoms with Gasteiger partial charge in [0.2, 0.25) is 0 Å². The third-order valence-corrected chi connectivity index (χ3v) is 7.08. The van der Waals surface area contributed by atoms with Gasteiger partial charge in [-0.25, -0.2) is 19.7 Å². The molecule has 1 amide bonds. The molecule has 5 aromatic rings. The minimum Gasteiger partial charge on any atom is -0.449 e. The minimum absolute atomic E-state index is 0.412. The second-order valence-corrected chi connectivity index (χ2v) is 10.4. The Morgan fingerprint density at radius 1 is 1.00 bits per heavy atom. The summed E-state index contributed by atoms with van der Waals surface area (Å²) < 4.78 is 9.07. The molecule has 218 valence electrons. The van der Waals surface area contributed by atoms with Crippen LogP contribution in [0.15, 0.2) is 61.3 Å². The summed E-state index contributed by atoms with van der Waals surface area (Å²) in [6, 6.07) is 12.2. The number of amides is 1. The van der Waals surface area contributed by atoms with Crippen molar-refractivity contribution in [2.45, 2.75) is 66.1 Å². The third-order valence-electron chi connectivity index (χ3n) is 7.08. The first-order valence-electron chi connectivity index (χ1n) is 14.4. The lowest BCUT2D eigenvalue weighted by atomic mass is 10.1. The Balaban J connectivity index is 1.20. The second-order valence-electron chi connectivity index (χ2n) is 10.4. The molecule has 0 aliphatic heterocycles. The molecule has 0 unspecified atom stereocenters. The van der Waals surface area contributed by atoms with Crippen molar-refractivity contribution in [1.29, 1.82) is 0 Å². The van der Waals surface area contributed by atoms with Crippen molar-refractivity contribution in [1.82, 2.24) is 34.5 Å². The van der Waals surface area contributed by atoms with E-state index < -0.39 is 6.09 Å². The average molecular weight is 568 g/mol. The summed E-state index contributed by atoms with van der Waals surface area (Å²) in [6.07, 6.45) is 11.0. The molecule has 1 aromatic carbocycles. The maximum atomic E-state index is 12.2. The van der Waals surface area contributed by atoms with Crippen LogP contribution in [0.1, 0.15) is 60.6 Å². The number of hydrogen-bond donors (Lipinski definition) is 2. The topological polar surface area (TPSA) is 125 Å². The van der Waals surface area contributed by atoms with Crippen molar-refractivity contribution in [2.75, 3.05) is 17.2 Å². The number of carbonyl (C=O) groups excluding carboxylic acids is 1. The number of fused-ring (bicyclic) bond motifs is 1. The minimum atomic E-state index is -0.478. The Morgan fingerprint density at radius 2 is 1.79 bits per heavy atom. The van der Waals surface area contributed by atoms with Crippen LogP contribution in [0.3, 0.4) is 0 Å². The predicted molar refractivity (Wildman–Crippen MR) is 162 cm³/mol. The van der Waals surface area contributed by atoms with E-state index >= 15 is 0 Å². The molecule has 0 spiro atoms. The fourth-order valence-electron chi connectivity index (χ4n) is 4.82. The zero-order valence-electron chi connectivity index (χ0n) is 24.4. The Morgan fingerprint density at radius 3 is 2.50 bits per heavy atom. The lowest BCUT2D eigenvalue weighted by Crippen LogP contribution is -2.16. The molecular formula is C31H37N9O2. The number of hydrogen-bond acceptors (Lipinski definition) is 8. The van der Waals surface area contributed by atoms with E-state index in [9.17, 15) is 4.79 Å². The largest absolute Gasteiger partial charge is 0.449 e. The molecule has 4 aromatic heterocycles. The predicted octanol–water partition coefficient (Wildman–Crippen LogP) is 5.87. The molecule has 0 saturated carbocycles. The highest BCUT2D eigenvalue weighted by Crippen LogP contribution is 2.22. The molecule has 0 fully saturated rings. The van der Waals surface area contributed by atoms with Crippen LogP contribution in [0, 0.1) is 13.8 Å². The number of rotatable bonds is 13. The first-order valence-corrected chi connectivity index (χ1v) is 14.4. The van der Waals surface area contributed by atoms with Gasteiger partial charge in [-0.3, -0.25) is 14.7 Å². The second kappa shape index (κ2) is 13.7. The van der Waals surface area contributed by atoms with Gasteiger partial charge in [0.1, 0.15) is 18.0 Å². The van der Waals surface area contributed by atoms with E-state index in [1.54, 1.807) is 6.20 Å². The standard InChI is InChI=1S/C31H37N9O2/c1-4-5-6-7-15-42-31(41)37-28-16-22(2)26(23(3)36-28)17-32-29-27-20-40(38-30(27)34-21-33-29)19-25-11-9-24(10-12-25)18-39-14-8-13-35-39/h8-14,16,20-21H,4-7,15,17-19H2,1-3H3,(H,36,37,41)(H,32,33,34,38). The van der Waals surface area contributed by atoms with Crippen molar-refractivity contribution < 1.29 is 9.53 Å². The van der Waals surface area contributed by atoms with E-state index in [-0.39, 0.29) is 0 Å². The fourth-order valence-corrected chi connectivity index (χ4v) is 4.82. The summed E-state index contributed by atoms with van der Waals surface area (Å²) in [4.78, 5) is 25.6. The molecule has 0 saturated heterocycles. The number of nitrogens with one attached hydrogen (secondary N) is 2. The molecule has 0 aliphatic rings. The first-order chi connectivity index (χ1) is 20.5. The molecular weight excluding hydrogens is 530 g/mol. The summed E-state index contributed by atoms with van der Waals surface area (Å²) in [5.41, 5.74) is 5.81. The fraction of sp³-hybridized carbons (Fsp3) is 0.355. The quantitative estimate of drug-likeness (QED) is 0.169. The highest BCUT2D eigenvalue weighted by Gasteiger charge is 2.13. The number of anilines is 2. The molecule has 0 atom stereocenters. The van der Waals surface area contributed by atoms with Gasteiger partial charge in [-0.05, 0) is 54.7 Å². The number of pyridine rings is 1. The maximum absolute atomic E-state index is 12.2. The first kappa shape index (κ1) is 28.7. The summed E-state index contributed by atoms with van der Waals surface area (Å²) in [6.45, 7) is 8.37. The molecule has 0 aliphatic carbocycles. The van der Waals surface area contributed by atoms with Crippen LogP contribution in [0.25, 0.3) is 11.0 Å². The Bertz CT molecular complexity index is 1590. The molecule has 11 heteroatoms. The van der Waals surface area contributed by atoms with Gasteiger partial charge < -0.3 is 10.1 Å². The van der Waals surface area contributed by atoms with Crippen LogP contribution in [-0.2, 0) is 24.4 Å². The monoisotopic (exact) mass is 567 g/mol. The lowest BCUT2D eigenvalue weighted by molar-refractivity contribution is 0.159. The normalized spacial score (nSPS) is 11.1. The lowest BCUT2D eigenvalue weighted by Gasteiger charge is -2.14. The van der Waals surface area contributed by atoms with Gasteiger partial charge in [0.05, 0.1) is 25.1 Å². The summed E-state index contributed by atoms with van der Waals surface area (Å²) in [5, 5.41) is 16.0. The summed E-state index contributed by atoms with van der Waals surface area (Å²) in [5.74, 6) is 1.18. The summed E-state index contributed by atoms with van der Waals surface area (Å²) in [7, 11) is 0. The maximum Gasteiger partial charge on any atom is 0.412 e. The SMILES string of the molecule is CCCCCCOC(=O)Nc1cc(C)c(CNc2ncnc3nn(Cc4ccc(Cn5cccn5)cc4)cc23)c(C)n1. The van der Waals surface area contributed by atoms with E-state index in [4.69, 9.17) is 4.74 Å². The van der Waals surface area contributed by atoms with Gasteiger partial charge >= 0.3 is 6.09 Å². The zero-order chi connectivity index (χ0) is 29.3. The van der Waals surface area contributed by atoms with Gasteiger partial charge in [0.25, 0.3) is 0 Å². The molecule has 42 heavy (non-hydrogen) atoms. The van der Waals surface area contributed by atoms with E-state index in [1.807, 2.05) is 47.7 Å². The van der Waals surface area contributed by atoms with E-state index in [1.165, 1.54) is 11.9 Å². The van der Waals surface area contributed by atoms with Crippen molar-refractivity contribution in [3.63, 3.8) is 0 Å². The van der Waals surface area contributed by atoms with Crippen LogP contribution in [0.2, 0.25) is 0 Å². The number of carbonyl (C=O) groups is 1.